The lowest BCUT2D eigenvalue weighted by Gasteiger charge is -2.47. The van der Waals surface area contributed by atoms with Crippen molar-refractivity contribution >= 4 is 24.0 Å². The van der Waals surface area contributed by atoms with Crippen LogP contribution in [0.4, 0.5) is 0 Å². The summed E-state index contributed by atoms with van der Waals surface area (Å²) in [4.78, 5) is 37.9. The van der Waals surface area contributed by atoms with Gasteiger partial charge in [-0.05, 0) is 18.6 Å². The lowest BCUT2D eigenvalue weighted by atomic mass is 9.76. The van der Waals surface area contributed by atoms with Gasteiger partial charge < -0.3 is 54.0 Å². The summed E-state index contributed by atoms with van der Waals surface area (Å²) < 4.78 is 32.9. The maximum absolute atomic E-state index is 12.9. The van der Waals surface area contributed by atoms with E-state index in [1.54, 1.807) is 30.3 Å². The summed E-state index contributed by atoms with van der Waals surface area (Å²) in [7, 11) is 1.06. The van der Waals surface area contributed by atoms with Crippen molar-refractivity contribution in [1.29, 1.82) is 0 Å². The Labute approximate surface area is 240 Å². The molecule has 42 heavy (non-hydrogen) atoms. The Morgan fingerprint density at radius 3 is 2.38 bits per heavy atom. The van der Waals surface area contributed by atoms with Gasteiger partial charge in [-0.2, -0.15) is 0 Å². The predicted octanol–water partition coefficient (Wildman–Crippen LogP) is -1.09. The van der Waals surface area contributed by atoms with Gasteiger partial charge in [-0.25, -0.2) is 9.59 Å². The van der Waals surface area contributed by atoms with E-state index < -0.39 is 90.3 Å². The molecule has 2 heterocycles. The van der Waals surface area contributed by atoms with Gasteiger partial charge in [-0.3, -0.25) is 4.79 Å². The number of hydrogen-bond donors (Lipinski definition) is 5. The minimum absolute atomic E-state index is 0.328. The molecule has 1 aromatic carbocycles. The van der Waals surface area contributed by atoms with Crippen LogP contribution >= 0.6 is 0 Å². The van der Waals surface area contributed by atoms with E-state index in [4.69, 9.17) is 28.4 Å². The van der Waals surface area contributed by atoms with E-state index in [0.717, 1.165) is 26.4 Å². The number of aliphatic hydroxyl groups excluding tert-OH is 4. The molecule has 230 valence electrons. The number of hydrogen-bond acceptors (Lipinski definition) is 14. The van der Waals surface area contributed by atoms with Gasteiger partial charge in [-0.1, -0.05) is 30.3 Å². The molecule has 2 fully saturated rings. The smallest absolute Gasteiger partial charge is 0.339 e. The molecule has 3 aliphatic rings. The average molecular weight is 595 g/mol. The fraction of sp³-hybridized carbons (Fsp3) is 0.536. The van der Waals surface area contributed by atoms with Crippen LogP contribution in [0.3, 0.4) is 0 Å². The molecule has 14 nitrogen and oxygen atoms in total. The number of aliphatic hydroxyl groups is 5. The van der Waals surface area contributed by atoms with E-state index in [2.05, 4.69) is 0 Å². The fourth-order valence-electron chi connectivity index (χ4n) is 5.68. The van der Waals surface area contributed by atoms with Crippen LogP contribution in [0.1, 0.15) is 25.8 Å². The van der Waals surface area contributed by atoms with Crippen LogP contribution < -0.4 is 0 Å². The number of carbonyl (C=O) groups is 3. The topological polar surface area (TPSA) is 208 Å². The SMILES string of the molecule is COC(=O)C1=COC(OC2OC(CO)C(O)C(O)C2O)C2C(C)(OC(C)=O)CC(OC(=O)C=Cc3ccccc3)C12O. The second-order valence-electron chi connectivity index (χ2n) is 10.4. The zero-order valence-electron chi connectivity index (χ0n) is 23.1. The molecule has 14 heteroatoms. The molecule has 0 amide bonds. The second kappa shape index (κ2) is 12.5. The lowest BCUT2D eigenvalue weighted by Crippen LogP contribution is -2.63. The van der Waals surface area contributed by atoms with Gasteiger partial charge in [0.2, 0.25) is 6.29 Å². The third kappa shape index (κ3) is 5.92. The lowest BCUT2D eigenvalue weighted by molar-refractivity contribution is -0.352. The Morgan fingerprint density at radius 2 is 1.76 bits per heavy atom. The highest BCUT2D eigenvalue weighted by atomic mass is 16.8. The van der Waals surface area contributed by atoms with Crippen LogP contribution in [0.2, 0.25) is 0 Å². The molecular formula is C28H34O14. The van der Waals surface area contributed by atoms with E-state index in [0.29, 0.717) is 5.56 Å². The summed E-state index contributed by atoms with van der Waals surface area (Å²) in [6.45, 7) is 1.78. The molecule has 0 aromatic heterocycles. The standard InChI is InChI=1S/C28H34O14/c1-14(30)42-27(2)11-18(40-19(31)10-9-15-7-5-4-6-8-15)28(36)16(24(35)37-3)13-38-26(23(27)28)41-25-22(34)21(33)20(32)17(12-29)39-25/h4-10,13,17-18,20-23,25-26,29,32-34,36H,11-12H2,1-3H3. The van der Waals surface area contributed by atoms with Gasteiger partial charge in [0.05, 0.1) is 19.6 Å². The van der Waals surface area contributed by atoms with Gasteiger partial charge in [-0.15, -0.1) is 0 Å². The average Bonchev–Trinajstić information content (AvgIpc) is 3.17. The number of ether oxygens (including phenoxy) is 6. The fourth-order valence-corrected chi connectivity index (χ4v) is 5.68. The largest absolute Gasteiger partial charge is 0.471 e. The Morgan fingerprint density at radius 1 is 1.07 bits per heavy atom. The van der Waals surface area contributed by atoms with Crippen molar-refractivity contribution in [2.45, 2.75) is 74.6 Å². The van der Waals surface area contributed by atoms with Crippen LogP contribution in [0.5, 0.6) is 0 Å². The minimum Gasteiger partial charge on any atom is -0.471 e. The molecule has 10 atom stereocenters. The van der Waals surface area contributed by atoms with Crippen molar-refractivity contribution in [2.24, 2.45) is 5.92 Å². The van der Waals surface area contributed by atoms with Gasteiger partial charge in [0, 0.05) is 19.4 Å². The monoisotopic (exact) mass is 594 g/mol. The number of carbonyl (C=O) groups excluding carboxylic acids is 3. The van der Waals surface area contributed by atoms with Crippen molar-refractivity contribution in [3.8, 4) is 0 Å². The van der Waals surface area contributed by atoms with Crippen LogP contribution in [-0.2, 0) is 42.8 Å². The number of fused-ring (bicyclic) bond motifs is 1. The second-order valence-corrected chi connectivity index (χ2v) is 10.4. The van der Waals surface area contributed by atoms with E-state index >= 15 is 0 Å². The Balaban J connectivity index is 1.71. The molecule has 0 bridgehead atoms. The highest BCUT2D eigenvalue weighted by Crippen LogP contribution is 2.55. The van der Waals surface area contributed by atoms with E-state index in [-0.39, 0.29) is 6.42 Å². The quantitative estimate of drug-likeness (QED) is 0.138. The van der Waals surface area contributed by atoms with Crippen LogP contribution in [0, 0.1) is 5.92 Å². The molecule has 5 N–H and O–H groups in total. The molecule has 2 aliphatic heterocycles. The van der Waals surface area contributed by atoms with Crippen molar-refractivity contribution in [3.05, 3.63) is 53.8 Å². The first-order valence-electron chi connectivity index (χ1n) is 13.1. The number of esters is 3. The predicted molar refractivity (Wildman–Crippen MR) is 138 cm³/mol. The molecule has 1 aromatic rings. The van der Waals surface area contributed by atoms with Crippen molar-refractivity contribution in [2.75, 3.05) is 13.7 Å². The maximum Gasteiger partial charge on any atom is 0.339 e. The number of methoxy groups -OCH3 is 1. The summed E-state index contributed by atoms with van der Waals surface area (Å²) in [5, 5.41) is 52.6. The Bertz CT molecular complexity index is 1210. The molecule has 1 saturated carbocycles. The van der Waals surface area contributed by atoms with Gasteiger partial charge in [0.15, 0.2) is 6.29 Å². The normalized spacial score (nSPS) is 37.8. The van der Waals surface area contributed by atoms with Crippen LogP contribution in [0.25, 0.3) is 6.08 Å². The van der Waals surface area contributed by atoms with Crippen molar-refractivity contribution in [1.82, 2.24) is 0 Å². The Kier molecular flexibility index (Phi) is 9.37. The minimum atomic E-state index is -2.43. The number of rotatable bonds is 8. The van der Waals surface area contributed by atoms with E-state index in [1.165, 1.54) is 13.0 Å². The van der Waals surface area contributed by atoms with Gasteiger partial charge >= 0.3 is 17.9 Å². The zero-order valence-corrected chi connectivity index (χ0v) is 23.1. The van der Waals surface area contributed by atoms with Crippen molar-refractivity contribution < 1.29 is 68.3 Å². The van der Waals surface area contributed by atoms with Crippen molar-refractivity contribution in [3.63, 3.8) is 0 Å². The summed E-state index contributed by atoms with van der Waals surface area (Å²) in [6, 6.07) is 8.83. The highest BCUT2D eigenvalue weighted by Gasteiger charge is 2.71. The summed E-state index contributed by atoms with van der Waals surface area (Å²) in [5.41, 5.74) is -3.91. The number of benzene rings is 1. The van der Waals surface area contributed by atoms with Crippen LogP contribution in [0.15, 0.2) is 48.2 Å². The van der Waals surface area contributed by atoms with Gasteiger partial charge in [0.1, 0.15) is 53.6 Å². The molecule has 0 spiro atoms. The molecular weight excluding hydrogens is 560 g/mol. The van der Waals surface area contributed by atoms with Crippen LogP contribution in [-0.4, -0.2) is 111 Å². The zero-order chi connectivity index (χ0) is 30.8. The summed E-state index contributed by atoms with van der Waals surface area (Å²) in [5.74, 6) is -4.21. The van der Waals surface area contributed by atoms with Gasteiger partial charge in [0.25, 0.3) is 0 Å². The molecule has 1 saturated heterocycles. The maximum atomic E-state index is 12.9. The molecule has 10 unspecified atom stereocenters. The van der Waals surface area contributed by atoms with E-state index in [1.807, 2.05) is 0 Å². The first-order valence-corrected chi connectivity index (χ1v) is 13.1. The molecule has 4 rings (SSSR count). The first-order chi connectivity index (χ1) is 19.8. The first kappa shape index (κ1) is 31.6. The third-order valence-corrected chi connectivity index (χ3v) is 7.61. The summed E-state index contributed by atoms with van der Waals surface area (Å²) in [6.07, 6.45) is -8.42. The van der Waals surface area contributed by atoms with E-state index in [9.17, 15) is 39.9 Å². The highest BCUT2D eigenvalue weighted by molar-refractivity contribution is 5.92. The third-order valence-electron chi connectivity index (χ3n) is 7.61. The molecule has 0 radical (unpaired) electrons. The summed E-state index contributed by atoms with van der Waals surface area (Å²) >= 11 is 0. The molecule has 1 aliphatic carbocycles. The Hall–Kier alpha value is -3.37.